The molecule has 0 radical (unpaired) electrons. The van der Waals surface area contributed by atoms with Gasteiger partial charge in [-0.05, 0) is 37.8 Å². The minimum absolute atomic E-state index is 0.403. The number of thiocarbonyl (C=S) groups is 1. The van der Waals surface area contributed by atoms with Crippen molar-refractivity contribution < 1.29 is 0 Å². The van der Waals surface area contributed by atoms with Crippen molar-refractivity contribution in [3.63, 3.8) is 0 Å². The average molecular weight is 283 g/mol. The fourth-order valence-electron chi connectivity index (χ4n) is 1.91. The summed E-state index contributed by atoms with van der Waals surface area (Å²) in [5.74, 6) is 1.74. The minimum atomic E-state index is 0.403. The van der Waals surface area contributed by atoms with Gasteiger partial charge in [-0.2, -0.15) is 11.8 Å². The van der Waals surface area contributed by atoms with Gasteiger partial charge in [-0.1, -0.05) is 19.1 Å². The first kappa shape index (κ1) is 15.2. The zero-order valence-electron chi connectivity index (χ0n) is 11.4. The highest BCUT2D eigenvalue weighted by Gasteiger charge is 2.11. The maximum atomic E-state index is 5.78. The minimum Gasteiger partial charge on any atom is -0.389 e. The molecular formula is C13H21N3S2. The average Bonchev–Trinajstić information content (AvgIpc) is 2.25. The van der Waals surface area contributed by atoms with E-state index in [4.69, 9.17) is 18.0 Å². The number of thioether (sulfide) groups is 1. The van der Waals surface area contributed by atoms with Crippen LogP contribution in [0.3, 0.4) is 0 Å². The van der Waals surface area contributed by atoms with Gasteiger partial charge in [0.15, 0.2) is 0 Å². The fourth-order valence-corrected chi connectivity index (χ4v) is 2.85. The number of aromatic nitrogens is 1. The zero-order chi connectivity index (χ0) is 13.7. The molecule has 5 heteroatoms. The van der Waals surface area contributed by atoms with Crippen molar-refractivity contribution in [1.29, 1.82) is 0 Å². The highest BCUT2D eigenvalue weighted by molar-refractivity contribution is 7.98. The largest absolute Gasteiger partial charge is 0.389 e. The van der Waals surface area contributed by atoms with Gasteiger partial charge in [0.25, 0.3) is 0 Å². The van der Waals surface area contributed by atoms with Gasteiger partial charge in [-0.3, -0.25) is 4.98 Å². The maximum absolute atomic E-state index is 5.78. The third-order valence-corrected chi connectivity index (χ3v) is 3.77. The molecule has 0 amide bonds. The van der Waals surface area contributed by atoms with Crippen molar-refractivity contribution in [3.05, 3.63) is 23.0 Å². The number of rotatable bonds is 6. The molecule has 1 rings (SSSR count). The Bertz CT molecular complexity index is 432. The molecule has 3 nitrogen and oxygen atoms in total. The van der Waals surface area contributed by atoms with E-state index < -0.39 is 0 Å². The van der Waals surface area contributed by atoms with E-state index in [-0.39, 0.29) is 0 Å². The number of nitrogens with one attached hydrogen (secondary N) is 1. The Morgan fingerprint density at radius 1 is 1.56 bits per heavy atom. The van der Waals surface area contributed by atoms with Crippen LogP contribution in [0.1, 0.15) is 23.9 Å². The summed E-state index contributed by atoms with van der Waals surface area (Å²) in [5.41, 5.74) is 9.52. The Labute approximate surface area is 119 Å². The van der Waals surface area contributed by atoms with E-state index in [0.717, 1.165) is 34.9 Å². The monoisotopic (exact) mass is 283 g/mol. The first-order valence-corrected chi connectivity index (χ1v) is 7.76. The first-order valence-electron chi connectivity index (χ1n) is 5.96. The van der Waals surface area contributed by atoms with Crippen LogP contribution >= 0.6 is 24.0 Å². The molecule has 0 aliphatic heterocycles. The normalized spacial score (nSPS) is 12.2. The van der Waals surface area contributed by atoms with Crippen molar-refractivity contribution in [2.75, 3.05) is 23.9 Å². The maximum Gasteiger partial charge on any atom is 0.107 e. The Morgan fingerprint density at radius 2 is 2.22 bits per heavy atom. The molecule has 0 spiro atoms. The molecule has 0 aliphatic carbocycles. The SMILES string of the molecule is CSCC(C)CNc1cc(C)nc(C)c1C(N)=S. The van der Waals surface area contributed by atoms with Crippen molar-refractivity contribution in [3.8, 4) is 0 Å². The van der Waals surface area contributed by atoms with E-state index in [0.29, 0.717) is 10.9 Å². The highest BCUT2D eigenvalue weighted by atomic mass is 32.2. The first-order chi connectivity index (χ1) is 8.45. The molecule has 1 atom stereocenters. The summed E-state index contributed by atoms with van der Waals surface area (Å²) in [4.78, 5) is 4.81. The van der Waals surface area contributed by atoms with Crippen LogP contribution in [0.25, 0.3) is 0 Å². The summed E-state index contributed by atoms with van der Waals surface area (Å²) < 4.78 is 0. The fraction of sp³-hybridized carbons (Fsp3) is 0.538. The van der Waals surface area contributed by atoms with Crippen molar-refractivity contribution >= 4 is 34.7 Å². The topological polar surface area (TPSA) is 50.9 Å². The third kappa shape index (κ3) is 4.14. The summed E-state index contributed by atoms with van der Waals surface area (Å²) in [6.07, 6.45) is 2.12. The van der Waals surface area contributed by atoms with Gasteiger partial charge in [-0.25, -0.2) is 0 Å². The van der Waals surface area contributed by atoms with Crippen LogP contribution in [0.5, 0.6) is 0 Å². The lowest BCUT2D eigenvalue weighted by Crippen LogP contribution is -2.19. The summed E-state index contributed by atoms with van der Waals surface area (Å²) in [7, 11) is 0. The third-order valence-electron chi connectivity index (χ3n) is 2.67. The van der Waals surface area contributed by atoms with Crippen molar-refractivity contribution in [2.24, 2.45) is 11.7 Å². The molecule has 1 aromatic heterocycles. The molecule has 18 heavy (non-hydrogen) atoms. The molecule has 0 aliphatic rings. The van der Waals surface area contributed by atoms with Crippen LogP contribution in [0, 0.1) is 19.8 Å². The number of pyridine rings is 1. The second-order valence-electron chi connectivity index (χ2n) is 4.58. The predicted octanol–water partition coefficient (Wildman–Crippen LogP) is 2.74. The van der Waals surface area contributed by atoms with E-state index in [9.17, 15) is 0 Å². The molecule has 3 N–H and O–H groups in total. The molecule has 0 bridgehead atoms. The van der Waals surface area contributed by atoms with Crippen molar-refractivity contribution in [1.82, 2.24) is 4.98 Å². The smallest absolute Gasteiger partial charge is 0.107 e. The lowest BCUT2D eigenvalue weighted by atomic mass is 10.1. The number of anilines is 1. The van der Waals surface area contributed by atoms with E-state index in [2.05, 4.69) is 23.5 Å². The van der Waals surface area contributed by atoms with E-state index in [1.54, 1.807) is 0 Å². The number of hydrogen-bond donors (Lipinski definition) is 2. The predicted molar refractivity (Wildman–Crippen MR) is 85.6 cm³/mol. The lowest BCUT2D eigenvalue weighted by Gasteiger charge is -2.17. The number of nitrogens with zero attached hydrogens (tertiary/aromatic N) is 1. The lowest BCUT2D eigenvalue weighted by molar-refractivity contribution is 0.701. The van der Waals surface area contributed by atoms with Crippen LogP contribution in [0.2, 0.25) is 0 Å². The molecule has 1 unspecified atom stereocenters. The van der Waals surface area contributed by atoms with Gasteiger partial charge in [0.2, 0.25) is 0 Å². The van der Waals surface area contributed by atoms with E-state index in [1.165, 1.54) is 0 Å². The Kier molecular flexibility index (Phi) is 5.88. The van der Waals surface area contributed by atoms with E-state index >= 15 is 0 Å². The van der Waals surface area contributed by atoms with Crippen LogP contribution < -0.4 is 11.1 Å². The molecule has 0 fully saturated rings. The molecule has 0 saturated heterocycles. The summed E-state index contributed by atoms with van der Waals surface area (Å²) in [6.45, 7) is 7.06. The molecular weight excluding hydrogens is 262 g/mol. The molecule has 0 aromatic carbocycles. The van der Waals surface area contributed by atoms with Gasteiger partial charge in [0.1, 0.15) is 4.99 Å². The quantitative estimate of drug-likeness (QED) is 0.786. The molecule has 100 valence electrons. The van der Waals surface area contributed by atoms with Crippen LogP contribution in [-0.4, -0.2) is 28.5 Å². The van der Waals surface area contributed by atoms with Crippen LogP contribution in [0.4, 0.5) is 5.69 Å². The van der Waals surface area contributed by atoms with Gasteiger partial charge in [0, 0.05) is 23.6 Å². The van der Waals surface area contributed by atoms with Crippen molar-refractivity contribution in [2.45, 2.75) is 20.8 Å². The number of nitrogens with two attached hydrogens (primary N) is 1. The summed E-state index contributed by atoms with van der Waals surface area (Å²) in [5, 5.41) is 3.44. The van der Waals surface area contributed by atoms with E-state index in [1.807, 2.05) is 31.7 Å². The summed E-state index contributed by atoms with van der Waals surface area (Å²) >= 11 is 6.96. The van der Waals surface area contributed by atoms with Gasteiger partial charge >= 0.3 is 0 Å². The second kappa shape index (κ2) is 6.95. The van der Waals surface area contributed by atoms with Crippen LogP contribution in [-0.2, 0) is 0 Å². The molecule has 1 heterocycles. The number of hydrogen-bond acceptors (Lipinski definition) is 4. The zero-order valence-corrected chi connectivity index (χ0v) is 13.0. The molecule has 0 saturated carbocycles. The van der Waals surface area contributed by atoms with Gasteiger partial charge in [0.05, 0.1) is 5.56 Å². The second-order valence-corrected chi connectivity index (χ2v) is 5.93. The van der Waals surface area contributed by atoms with Crippen LogP contribution in [0.15, 0.2) is 6.07 Å². The Morgan fingerprint density at radius 3 is 2.78 bits per heavy atom. The Balaban J connectivity index is 2.90. The van der Waals surface area contributed by atoms with Gasteiger partial charge < -0.3 is 11.1 Å². The molecule has 1 aromatic rings. The number of aryl methyl sites for hydroxylation is 2. The highest BCUT2D eigenvalue weighted by Crippen LogP contribution is 2.20. The standard InChI is InChI=1S/C13H21N3S2/c1-8(7-18-4)6-15-11-5-9(2)16-10(3)12(11)13(14)17/h5,8H,6-7H2,1-4H3,(H2,14,17)(H,15,16). The van der Waals surface area contributed by atoms with Gasteiger partial charge in [-0.15, -0.1) is 0 Å². The summed E-state index contributed by atoms with van der Waals surface area (Å²) in [6, 6.07) is 2.01. The Hall–Kier alpha value is -0.810.